The van der Waals surface area contributed by atoms with E-state index >= 15 is 0 Å². The molecule has 4 unspecified atom stereocenters. The molecule has 0 spiro atoms. The number of amides is 1. The molecule has 4 atom stereocenters. The molecule has 5 heteroatoms. The van der Waals surface area contributed by atoms with Crippen LogP contribution in [0.15, 0.2) is 18.2 Å². The van der Waals surface area contributed by atoms with E-state index in [4.69, 9.17) is 0 Å². The summed E-state index contributed by atoms with van der Waals surface area (Å²) in [6.45, 7) is 5.76. The standard InChI is InChI=1S/C17H23F2NO2/c1-4-10(2)17(3,22)9-20-16(21)14-8-12(14)13-7-11(18)5-6-15(13)19/h5-7,10,12,14,22H,4,8-9H2,1-3H3,(H,20,21). The lowest BCUT2D eigenvalue weighted by Gasteiger charge is -2.29. The van der Waals surface area contributed by atoms with Crippen molar-refractivity contribution in [1.82, 2.24) is 5.32 Å². The first-order chi connectivity index (χ1) is 10.3. The minimum Gasteiger partial charge on any atom is -0.388 e. The second-order valence-electron chi connectivity index (χ2n) is 6.50. The molecule has 0 heterocycles. The molecule has 1 aromatic rings. The average molecular weight is 311 g/mol. The van der Waals surface area contributed by atoms with Gasteiger partial charge in [0.1, 0.15) is 11.6 Å². The molecule has 0 aliphatic heterocycles. The van der Waals surface area contributed by atoms with Crippen LogP contribution in [-0.2, 0) is 4.79 Å². The zero-order valence-corrected chi connectivity index (χ0v) is 13.2. The molecule has 122 valence electrons. The Morgan fingerprint density at radius 2 is 2.18 bits per heavy atom. The highest BCUT2D eigenvalue weighted by Gasteiger charge is 2.45. The summed E-state index contributed by atoms with van der Waals surface area (Å²) in [6, 6.07) is 3.31. The highest BCUT2D eigenvalue weighted by Crippen LogP contribution is 2.48. The van der Waals surface area contributed by atoms with Gasteiger partial charge in [-0.3, -0.25) is 4.79 Å². The van der Waals surface area contributed by atoms with Crippen LogP contribution in [-0.4, -0.2) is 23.2 Å². The number of carbonyl (C=O) groups is 1. The topological polar surface area (TPSA) is 49.3 Å². The van der Waals surface area contributed by atoms with Crippen LogP contribution in [0.25, 0.3) is 0 Å². The van der Waals surface area contributed by atoms with Gasteiger partial charge in [0, 0.05) is 12.5 Å². The highest BCUT2D eigenvalue weighted by atomic mass is 19.1. The first-order valence-corrected chi connectivity index (χ1v) is 7.71. The zero-order valence-electron chi connectivity index (χ0n) is 13.2. The number of halogens is 2. The van der Waals surface area contributed by atoms with Gasteiger partial charge in [0.15, 0.2) is 0 Å². The van der Waals surface area contributed by atoms with Crippen molar-refractivity contribution in [3.8, 4) is 0 Å². The van der Waals surface area contributed by atoms with E-state index in [-0.39, 0.29) is 35.8 Å². The molecule has 2 N–H and O–H groups in total. The minimum absolute atomic E-state index is 0.0588. The number of aliphatic hydroxyl groups is 1. The van der Waals surface area contributed by atoms with Gasteiger partial charge in [-0.05, 0) is 48.9 Å². The summed E-state index contributed by atoms with van der Waals surface area (Å²) in [4.78, 5) is 12.1. The number of rotatable bonds is 6. The maximum absolute atomic E-state index is 13.7. The molecule has 1 aromatic carbocycles. The predicted octanol–water partition coefficient (Wildman–Crippen LogP) is 2.98. The summed E-state index contributed by atoms with van der Waals surface area (Å²) < 4.78 is 26.9. The number of carbonyl (C=O) groups excluding carboxylic acids is 1. The van der Waals surface area contributed by atoms with Crippen molar-refractivity contribution >= 4 is 5.91 Å². The van der Waals surface area contributed by atoms with E-state index in [2.05, 4.69) is 5.32 Å². The maximum atomic E-state index is 13.7. The van der Waals surface area contributed by atoms with E-state index in [9.17, 15) is 18.7 Å². The van der Waals surface area contributed by atoms with Crippen LogP contribution in [0.2, 0.25) is 0 Å². The Hall–Kier alpha value is -1.49. The first kappa shape index (κ1) is 16.9. The van der Waals surface area contributed by atoms with Crippen molar-refractivity contribution in [2.75, 3.05) is 6.54 Å². The van der Waals surface area contributed by atoms with Gasteiger partial charge in [0.2, 0.25) is 5.91 Å². The average Bonchev–Trinajstić information content (AvgIpc) is 3.26. The Morgan fingerprint density at radius 1 is 1.50 bits per heavy atom. The van der Waals surface area contributed by atoms with E-state index in [1.165, 1.54) is 0 Å². The van der Waals surface area contributed by atoms with Gasteiger partial charge in [0.25, 0.3) is 0 Å². The van der Waals surface area contributed by atoms with Crippen molar-refractivity contribution in [1.29, 1.82) is 0 Å². The van der Waals surface area contributed by atoms with E-state index in [1.54, 1.807) is 6.92 Å². The SMILES string of the molecule is CCC(C)C(C)(O)CNC(=O)C1CC1c1cc(F)ccc1F. The Labute approximate surface area is 129 Å². The van der Waals surface area contributed by atoms with Crippen LogP contribution < -0.4 is 5.32 Å². The van der Waals surface area contributed by atoms with Gasteiger partial charge < -0.3 is 10.4 Å². The lowest BCUT2D eigenvalue weighted by Crippen LogP contribution is -2.45. The van der Waals surface area contributed by atoms with Crippen molar-refractivity contribution in [2.45, 2.75) is 45.1 Å². The van der Waals surface area contributed by atoms with E-state index in [0.717, 1.165) is 24.6 Å². The summed E-state index contributed by atoms with van der Waals surface area (Å²) in [5.41, 5.74) is -0.715. The molecule has 3 nitrogen and oxygen atoms in total. The smallest absolute Gasteiger partial charge is 0.223 e. The van der Waals surface area contributed by atoms with Gasteiger partial charge in [-0.2, -0.15) is 0 Å². The molecule has 1 fully saturated rings. The van der Waals surface area contributed by atoms with Crippen LogP contribution in [0.4, 0.5) is 8.78 Å². The number of benzene rings is 1. The molecule has 1 aliphatic carbocycles. The predicted molar refractivity (Wildman–Crippen MR) is 80.3 cm³/mol. The van der Waals surface area contributed by atoms with Crippen LogP contribution in [0.5, 0.6) is 0 Å². The minimum atomic E-state index is -0.973. The van der Waals surface area contributed by atoms with Crippen molar-refractivity contribution in [2.24, 2.45) is 11.8 Å². The van der Waals surface area contributed by atoms with Crippen LogP contribution in [0, 0.1) is 23.5 Å². The molecular formula is C17H23F2NO2. The maximum Gasteiger partial charge on any atom is 0.223 e. The third kappa shape index (κ3) is 3.64. The van der Waals surface area contributed by atoms with Crippen LogP contribution in [0.3, 0.4) is 0 Å². The lowest BCUT2D eigenvalue weighted by atomic mass is 9.88. The highest BCUT2D eigenvalue weighted by molar-refractivity contribution is 5.83. The van der Waals surface area contributed by atoms with Crippen molar-refractivity contribution < 1.29 is 18.7 Å². The fourth-order valence-corrected chi connectivity index (χ4v) is 2.64. The molecule has 0 radical (unpaired) electrons. The first-order valence-electron chi connectivity index (χ1n) is 7.71. The Morgan fingerprint density at radius 3 is 2.82 bits per heavy atom. The summed E-state index contributed by atoms with van der Waals surface area (Å²) in [6.07, 6.45) is 1.32. The summed E-state index contributed by atoms with van der Waals surface area (Å²) in [5, 5.41) is 13.0. The molecule has 1 amide bonds. The monoisotopic (exact) mass is 311 g/mol. The van der Waals surface area contributed by atoms with Gasteiger partial charge in [-0.1, -0.05) is 20.3 Å². The molecule has 0 bridgehead atoms. The Bertz CT molecular complexity index is 560. The second kappa shape index (κ2) is 6.32. The van der Waals surface area contributed by atoms with Gasteiger partial charge in [0.05, 0.1) is 5.60 Å². The Balaban J connectivity index is 1.92. The zero-order chi connectivity index (χ0) is 16.5. The fourth-order valence-electron chi connectivity index (χ4n) is 2.64. The molecule has 1 aliphatic rings. The van der Waals surface area contributed by atoms with E-state index < -0.39 is 17.2 Å². The summed E-state index contributed by atoms with van der Waals surface area (Å²) in [7, 11) is 0. The Kier molecular flexibility index (Phi) is 4.85. The third-order valence-electron chi connectivity index (χ3n) is 4.78. The van der Waals surface area contributed by atoms with Gasteiger partial charge in [-0.15, -0.1) is 0 Å². The largest absolute Gasteiger partial charge is 0.388 e. The molecule has 2 rings (SSSR count). The van der Waals surface area contributed by atoms with E-state index in [1.807, 2.05) is 13.8 Å². The molecule has 22 heavy (non-hydrogen) atoms. The molecule has 1 saturated carbocycles. The molecule has 0 aromatic heterocycles. The van der Waals surface area contributed by atoms with Crippen LogP contribution >= 0.6 is 0 Å². The molecule has 0 saturated heterocycles. The van der Waals surface area contributed by atoms with Crippen molar-refractivity contribution in [3.05, 3.63) is 35.4 Å². The van der Waals surface area contributed by atoms with Gasteiger partial charge >= 0.3 is 0 Å². The fraction of sp³-hybridized carbons (Fsp3) is 0.588. The summed E-state index contributed by atoms with van der Waals surface area (Å²) in [5.74, 6) is -1.75. The second-order valence-corrected chi connectivity index (χ2v) is 6.50. The van der Waals surface area contributed by atoms with Gasteiger partial charge in [-0.25, -0.2) is 8.78 Å². The number of hydrogen-bond acceptors (Lipinski definition) is 2. The van der Waals surface area contributed by atoms with E-state index in [0.29, 0.717) is 6.42 Å². The summed E-state index contributed by atoms with van der Waals surface area (Å²) >= 11 is 0. The quantitative estimate of drug-likeness (QED) is 0.848. The number of nitrogens with one attached hydrogen (secondary N) is 1. The van der Waals surface area contributed by atoms with Crippen LogP contribution in [0.1, 0.15) is 45.1 Å². The normalized spacial score (nSPS) is 24.5. The lowest BCUT2D eigenvalue weighted by molar-refractivity contribution is -0.124. The van der Waals surface area contributed by atoms with Crippen molar-refractivity contribution in [3.63, 3.8) is 0 Å². The number of hydrogen-bond donors (Lipinski definition) is 2. The molecular weight excluding hydrogens is 288 g/mol. The third-order valence-corrected chi connectivity index (χ3v) is 4.78.